The predicted molar refractivity (Wildman–Crippen MR) is 111 cm³/mol. The van der Waals surface area contributed by atoms with E-state index in [4.69, 9.17) is 5.73 Å². The number of nitrogens with zero attached hydrogens (tertiary/aromatic N) is 1. The van der Waals surface area contributed by atoms with Crippen LogP contribution in [0.1, 0.15) is 18.4 Å². The van der Waals surface area contributed by atoms with Gasteiger partial charge in [0.25, 0.3) is 0 Å². The Morgan fingerprint density at radius 3 is 2.59 bits per heavy atom. The zero-order valence-corrected chi connectivity index (χ0v) is 16.1. The summed E-state index contributed by atoms with van der Waals surface area (Å²) in [5.74, 6) is -0.304. The van der Waals surface area contributed by atoms with Crippen LogP contribution in [-0.2, 0) is 4.79 Å². The van der Waals surface area contributed by atoms with Gasteiger partial charge in [0.05, 0.1) is 5.92 Å². The number of carbonyl (C=O) groups excluding carboxylic acids is 2. The molecule has 0 saturated carbocycles. The summed E-state index contributed by atoms with van der Waals surface area (Å²) >= 11 is 0. The van der Waals surface area contributed by atoms with Gasteiger partial charge in [0, 0.05) is 30.2 Å². The number of nitrogens with one attached hydrogen (secondary N) is 2. The van der Waals surface area contributed by atoms with E-state index in [-0.39, 0.29) is 30.3 Å². The smallest absolute Gasteiger partial charge is 0.321 e. The molecule has 2 aromatic carbocycles. The third kappa shape index (κ3) is 5.37. The Hall–Kier alpha value is -2.73. The monoisotopic (exact) mass is 388 g/mol. The Bertz CT molecular complexity index is 798. The molecule has 1 unspecified atom stereocenters. The lowest BCUT2D eigenvalue weighted by molar-refractivity contribution is -0.121. The third-order valence-electron chi connectivity index (χ3n) is 4.62. The first kappa shape index (κ1) is 20.6. The van der Waals surface area contributed by atoms with Crippen molar-refractivity contribution in [3.8, 4) is 0 Å². The Kier molecular flexibility index (Phi) is 7.07. The maximum absolute atomic E-state index is 12.6. The number of para-hydroxylation sites is 1. The largest absolute Gasteiger partial charge is 0.399 e. The number of nitrogen functional groups attached to an aromatic ring is 1. The fourth-order valence-electron chi connectivity index (χ4n) is 3.11. The molecule has 1 fully saturated rings. The quantitative estimate of drug-likeness (QED) is 0.697. The van der Waals surface area contributed by atoms with Gasteiger partial charge >= 0.3 is 6.03 Å². The van der Waals surface area contributed by atoms with Crippen LogP contribution in [0.2, 0.25) is 0 Å². The van der Waals surface area contributed by atoms with Gasteiger partial charge in [-0.05, 0) is 49.6 Å². The van der Waals surface area contributed by atoms with Crippen LogP contribution in [0, 0.1) is 12.8 Å². The van der Waals surface area contributed by atoms with Crippen molar-refractivity contribution in [2.24, 2.45) is 5.92 Å². The Morgan fingerprint density at radius 1 is 1.11 bits per heavy atom. The first-order valence-electron chi connectivity index (χ1n) is 8.81. The van der Waals surface area contributed by atoms with Gasteiger partial charge in [0.1, 0.15) is 0 Å². The average Bonchev–Trinajstić information content (AvgIpc) is 2.65. The molecule has 3 rings (SSSR count). The van der Waals surface area contributed by atoms with E-state index in [9.17, 15) is 9.59 Å². The standard InChI is InChI=1S/C20H24N4O2.ClH/c1-14-9-10-16(21)12-18(14)23-19(25)15-6-5-11-24(13-15)20(26)22-17-7-3-2-4-8-17;/h2-4,7-10,12,15H,5-6,11,13,21H2,1H3,(H,22,26)(H,23,25);1H. The highest BCUT2D eigenvalue weighted by molar-refractivity contribution is 5.95. The lowest BCUT2D eigenvalue weighted by Crippen LogP contribution is -2.45. The molecule has 4 N–H and O–H groups in total. The number of piperidine rings is 1. The fourth-order valence-corrected chi connectivity index (χ4v) is 3.11. The third-order valence-corrected chi connectivity index (χ3v) is 4.62. The molecule has 144 valence electrons. The average molecular weight is 389 g/mol. The van der Waals surface area contributed by atoms with E-state index in [0.29, 0.717) is 18.8 Å². The molecular weight excluding hydrogens is 364 g/mol. The molecule has 3 amide bonds. The second kappa shape index (κ2) is 9.28. The van der Waals surface area contributed by atoms with Crippen molar-refractivity contribution < 1.29 is 9.59 Å². The van der Waals surface area contributed by atoms with Crippen molar-refractivity contribution in [2.75, 3.05) is 29.5 Å². The maximum atomic E-state index is 12.6. The highest BCUT2D eigenvalue weighted by atomic mass is 35.5. The van der Waals surface area contributed by atoms with Gasteiger partial charge in [-0.15, -0.1) is 12.4 Å². The first-order valence-corrected chi connectivity index (χ1v) is 8.81. The van der Waals surface area contributed by atoms with E-state index < -0.39 is 0 Å². The van der Waals surface area contributed by atoms with Crippen LogP contribution < -0.4 is 16.4 Å². The van der Waals surface area contributed by atoms with Crippen LogP contribution in [0.25, 0.3) is 0 Å². The topological polar surface area (TPSA) is 87.5 Å². The first-order chi connectivity index (χ1) is 12.5. The minimum atomic E-state index is -0.230. The molecule has 0 aliphatic carbocycles. The lowest BCUT2D eigenvalue weighted by Gasteiger charge is -2.32. The Balaban J connectivity index is 0.00000261. The van der Waals surface area contributed by atoms with Gasteiger partial charge in [-0.25, -0.2) is 4.79 Å². The summed E-state index contributed by atoms with van der Waals surface area (Å²) in [7, 11) is 0. The van der Waals surface area contributed by atoms with E-state index in [1.54, 1.807) is 17.0 Å². The molecular formula is C20H25ClN4O2. The van der Waals surface area contributed by atoms with Crippen LogP contribution in [-0.4, -0.2) is 29.9 Å². The highest BCUT2D eigenvalue weighted by Crippen LogP contribution is 2.22. The highest BCUT2D eigenvalue weighted by Gasteiger charge is 2.28. The minimum Gasteiger partial charge on any atom is -0.399 e. The summed E-state index contributed by atoms with van der Waals surface area (Å²) in [6.45, 7) is 2.99. The molecule has 1 heterocycles. The van der Waals surface area contributed by atoms with Gasteiger partial charge in [-0.1, -0.05) is 24.3 Å². The van der Waals surface area contributed by atoms with E-state index in [1.165, 1.54) is 0 Å². The van der Waals surface area contributed by atoms with Gasteiger partial charge < -0.3 is 21.3 Å². The van der Waals surface area contributed by atoms with Crippen molar-refractivity contribution >= 4 is 41.4 Å². The summed E-state index contributed by atoms with van der Waals surface area (Å²) in [5, 5.41) is 5.83. The number of likely N-dealkylation sites (tertiary alicyclic amines) is 1. The molecule has 27 heavy (non-hydrogen) atoms. The minimum absolute atomic E-state index is 0. The fraction of sp³-hybridized carbons (Fsp3) is 0.300. The molecule has 7 heteroatoms. The van der Waals surface area contributed by atoms with Gasteiger partial charge in [-0.3, -0.25) is 4.79 Å². The molecule has 1 atom stereocenters. The van der Waals surface area contributed by atoms with Crippen molar-refractivity contribution in [1.29, 1.82) is 0 Å². The zero-order chi connectivity index (χ0) is 18.5. The Morgan fingerprint density at radius 2 is 1.85 bits per heavy atom. The second-order valence-corrected chi connectivity index (χ2v) is 6.64. The molecule has 1 aliphatic rings. The number of aryl methyl sites for hydroxylation is 1. The van der Waals surface area contributed by atoms with Crippen LogP contribution in [0.4, 0.5) is 21.9 Å². The van der Waals surface area contributed by atoms with Crippen LogP contribution in [0.15, 0.2) is 48.5 Å². The number of hydrogen-bond acceptors (Lipinski definition) is 3. The normalized spacial score (nSPS) is 16.2. The molecule has 1 aliphatic heterocycles. The van der Waals surface area contributed by atoms with E-state index in [1.807, 2.05) is 43.3 Å². The van der Waals surface area contributed by atoms with E-state index in [0.717, 1.165) is 29.8 Å². The predicted octanol–water partition coefficient (Wildman–Crippen LogP) is 3.88. The SMILES string of the molecule is Cc1ccc(N)cc1NC(=O)C1CCCN(C(=O)Nc2ccccc2)C1.Cl. The lowest BCUT2D eigenvalue weighted by atomic mass is 9.97. The number of amides is 3. The number of hydrogen-bond donors (Lipinski definition) is 3. The number of anilines is 3. The second-order valence-electron chi connectivity index (χ2n) is 6.64. The van der Waals surface area contributed by atoms with Crippen molar-refractivity contribution in [3.05, 3.63) is 54.1 Å². The molecule has 0 radical (unpaired) electrons. The maximum Gasteiger partial charge on any atom is 0.321 e. The van der Waals surface area contributed by atoms with Gasteiger partial charge in [0.2, 0.25) is 5.91 Å². The number of urea groups is 1. The number of halogens is 1. The molecule has 0 spiro atoms. The molecule has 1 saturated heterocycles. The van der Waals surface area contributed by atoms with Crippen molar-refractivity contribution in [3.63, 3.8) is 0 Å². The molecule has 0 bridgehead atoms. The van der Waals surface area contributed by atoms with Crippen LogP contribution in [0.3, 0.4) is 0 Å². The van der Waals surface area contributed by atoms with Crippen molar-refractivity contribution in [1.82, 2.24) is 4.90 Å². The number of nitrogens with two attached hydrogens (primary N) is 1. The molecule has 0 aromatic heterocycles. The van der Waals surface area contributed by atoms with Gasteiger partial charge in [-0.2, -0.15) is 0 Å². The zero-order valence-electron chi connectivity index (χ0n) is 15.3. The van der Waals surface area contributed by atoms with E-state index >= 15 is 0 Å². The number of carbonyl (C=O) groups is 2. The summed E-state index contributed by atoms with van der Waals surface area (Å²) in [6.07, 6.45) is 1.57. The van der Waals surface area contributed by atoms with Gasteiger partial charge in [0.15, 0.2) is 0 Å². The number of rotatable bonds is 3. The molecule has 6 nitrogen and oxygen atoms in total. The summed E-state index contributed by atoms with van der Waals surface area (Å²) in [5.41, 5.74) is 8.85. The summed E-state index contributed by atoms with van der Waals surface area (Å²) in [6, 6.07) is 14.6. The summed E-state index contributed by atoms with van der Waals surface area (Å²) in [4.78, 5) is 26.8. The number of benzene rings is 2. The summed E-state index contributed by atoms with van der Waals surface area (Å²) < 4.78 is 0. The molecule has 2 aromatic rings. The Labute approximate surface area is 165 Å². The van der Waals surface area contributed by atoms with Crippen LogP contribution in [0.5, 0.6) is 0 Å². The van der Waals surface area contributed by atoms with Crippen LogP contribution >= 0.6 is 12.4 Å². The van der Waals surface area contributed by atoms with E-state index in [2.05, 4.69) is 10.6 Å². The van der Waals surface area contributed by atoms with Crippen molar-refractivity contribution in [2.45, 2.75) is 19.8 Å².